The van der Waals surface area contributed by atoms with Gasteiger partial charge in [0, 0.05) is 16.4 Å². The summed E-state index contributed by atoms with van der Waals surface area (Å²) < 4.78 is 5.40. The van der Waals surface area contributed by atoms with Crippen LogP contribution in [-0.4, -0.2) is 22.9 Å². The maximum Gasteiger partial charge on any atom is 0.219 e. The van der Waals surface area contributed by atoms with Crippen molar-refractivity contribution >= 4 is 5.78 Å². The quantitative estimate of drug-likeness (QED) is 0.794. The van der Waals surface area contributed by atoms with Crippen LogP contribution >= 0.6 is 0 Å². The number of carbonyl (C=O) groups is 1. The number of carbonyl (C=O) groups excluding carboxylic acids is 1. The molecule has 1 aromatic heterocycles. The molecule has 3 aliphatic carbocycles. The second kappa shape index (κ2) is 3.87. The Morgan fingerprint density at radius 1 is 1.36 bits per heavy atom. The van der Waals surface area contributed by atoms with Crippen LogP contribution in [0.4, 0.5) is 0 Å². The Hall–Kier alpha value is -1.96. The fraction of sp³-hybridized carbons (Fsp3) is 0.647. The lowest BCUT2D eigenvalue weighted by molar-refractivity contribution is -0.132. The lowest BCUT2D eigenvalue weighted by Crippen LogP contribution is -2.51. The van der Waals surface area contributed by atoms with Gasteiger partial charge in [-0.1, -0.05) is 13.8 Å². The van der Waals surface area contributed by atoms with E-state index in [1.807, 2.05) is 6.92 Å². The maximum atomic E-state index is 12.7. The first-order chi connectivity index (χ1) is 10.4. The van der Waals surface area contributed by atoms with Crippen LogP contribution in [0.1, 0.15) is 44.4 Å². The van der Waals surface area contributed by atoms with Crippen LogP contribution in [0, 0.1) is 28.1 Å². The third-order valence-corrected chi connectivity index (χ3v) is 6.69. The van der Waals surface area contributed by atoms with E-state index in [0.717, 1.165) is 30.5 Å². The first-order valence-electron chi connectivity index (χ1n) is 7.76. The van der Waals surface area contributed by atoms with Gasteiger partial charge in [0.2, 0.25) is 5.88 Å². The minimum atomic E-state index is -0.530. The largest absolute Gasteiger partial charge is 0.481 e. The van der Waals surface area contributed by atoms with E-state index in [0.29, 0.717) is 12.3 Å². The van der Waals surface area contributed by atoms with Crippen molar-refractivity contribution in [3.05, 3.63) is 17.6 Å². The maximum absolute atomic E-state index is 12.7. The van der Waals surface area contributed by atoms with E-state index in [4.69, 9.17) is 4.74 Å². The summed E-state index contributed by atoms with van der Waals surface area (Å²) in [6.07, 6.45) is 4.76. The highest BCUT2D eigenvalue weighted by Crippen LogP contribution is 2.80. The number of nitriles is 1. The first kappa shape index (κ1) is 13.7. The molecule has 114 valence electrons. The summed E-state index contributed by atoms with van der Waals surface area (Å²) in [6, 6.07) is 2.23. The fourth-order valence-electron chi connectivity index (χ4n) is 5.45. The van der Waals surface area contributed by atoms with Crippen LogP contribution in [0.3, 0.4) is 0 Å². The summed E-state index contributed by atoms with van der Waals surface area (Å²) >= 11 is 0. The number of hydrogen-bond acceptors (Lipinski definition) is 5. The molecule has 5 heteroatoms. The Bertz CT molecular complexity index is 740. The molecule has 0 saturated heterocycles. The van der Waals surface area contributed by atoms with Crippen LogP contribution < -0.4 is 4.74 Å². The average Bonchev–Trinajstić information content (AvgIpc) is 3.16. The van der Waals surface area contributed by atoms with Crippen molar-refractivity contribution in [2.24, 2.45) is 16.7 Å². The molecule has 0 bridgehead atoms. The van der Waals surface area contributed by atoms with E-state index in [1.54, 1.807) is 13.4 Å². The number of methoxy groups -OCH3 is 1. The molecule has 3 aliphatic rings. The molecular weight excluding hydrogens is 278 g/mol. The van der Waals surface area contributed by atoms with Gasteiger partial charge in [-0.25, -0.2) is 9.97 Å². The molecule has 0 aromatic carbocycles. The highest BCUT2D eigenvalue weighted by Gasteiger charge is 2.79. The number of nitrogens with zero attached hydrogens (tertiary/aromatic N) is 3. The third kappa shape index (κ3) is 1.24. The van der Waals surface area contributed by atoms with Crippen LogP contribution in [-0.2, 0) is 16.6 Å². The summed E-state index contributed by atoms with van der Waals surface area (Å²) in [6.45, 7) is 4.22. The Labute approximate surface area is 129 Å². The van der Waals surface area contributed by atoms with Gasteiger partial charge in [0.05, 0.1) is 18.9 Å². The van der Waals surface area contributed by atoms with Gasteiger partial charge < -0.3 is 4.74 Å². The summed E-state index contributed by atoms with van der Waals surface area (Å²) in [5.41, 5.74) is 1.38. The van der Waals surface area contributed by atoms with Crippen molar-refractivity contribution in [3.8, 4) is 11.9 Å². The molecule has 0 radical (unpaired) electrons. The average molecular weight is 297 g/mol. The summed E-state index contributed by atoms with van der Waals surface area (Å²) in [4.78, 5) is 21.5. The normalized spacial score (nSPS) is 41.7. The molecule has 0 aliphatic heterocycles. The van der Waals surface area contributed by atoms with Crippen LogP contribution in [0.5, 0.6) is 5.88 Å². The molecule has 2 unspecified atom stereocenters. The van der Waals surface area contributed by atoms with Crippen molar-refractivity contribution in [1.82, 2.24) is 9.97 Å². The molecule has 5 nitrogen and oxygen atoms in total. The monoisotopic (exact) mass is 297 g/mol. The standard InChI is InChI=1S/C17H19N3O2/c1-15-6-10(7-18)13(21)16(2)8-17(15,16)5-4-11-12(15)19-9-20-14(11)22-3/h9-10H,4-6,8H2,1-3H3/t10?,15-,16?,17+/m1/s1. The van der Waals surface area contributed by atoms with Gasteiger partial charge in [0.15, 0.2) is 5.78 Å². The van der Waals surface area contributed by atoms with Crippen molar-refractivity contribution < 1.29 is 9.53 Å². The van der Waals surface area contributed by atoms with E-state index in [9.17, 15) is 10.1 Å². The summed E-state index contributed by atoms with van der Waals surface area (Å²) in [7, 11) is 1.62. The zero-order valence-electron chi connectivity index (χ0n) is 13.1. The van der Waals surface area contributed by atoms with Crippen LogP contribution in [0.15, 0.2) is 6.33 Å². The minimum absolute atomic E-state index is 0.0448. The predicted octanol–water partition coefficient (Wildman–Crippen LogP) is 2.20. The number of Topliss-reactive ketones (excluding diaryl/α,β-unsaturated/α-hetero) is 1. The number of fused-ring (bicyclic) bond motifs is 2. The number of rotatable bonds is 1. The van der Waals surface area contributed by atoms with Crippen molar-refractivity contribution in [1.29, 1.82) is 5.26 Å². The Morgan fingerprint density at radius 2 is 2.14 bits per heavy atom. The van der Waals surface area contributed by atoms with Gasteiger partial charge in [0.1, 0.15) is 12.2 Å². The van der Waals surface area contributed by atoms with Gasteiger partial charge in [-0.2, -0.15) is 5.26 Å². The molecule has 0 amide bonds. The molecule has 1 spiro atoms. The second-order valence-electron chi connectivity index (χ2n) is 7.38. The topological polar surface area (TPSA) is 75.9 Å². The van der Waals surface area contributed by atoms with E-state index in [-0.39, 0.29) is 22.0 Å². The zero-order valence-corrected chi connectivity index (χ0v) is 13.1. The Morgan fingerprint density at radius 3 is 2.82 bits per heavy atom. The van der Waals surface area contributed by atoms with Gasteiger partial charge in [-0.3, -0.25) is 4.79 Å². The zero-order chi connectivity index (χ0) is 15.8. The molecule has 22 heavy (non-hydrogen) atoms. The predicted molar refractivity (Wildman–Crippen MR) is 78.1 cm³/mol. The summed E-state index contributed by atoms with van der Waals surface area (Å²) in [5, 5.41) is 9.44. The van der Waals surface area contributed by atoms with Crippen molar-refractivity contribution in [2.75, 3.05) is 7.11 Å². The number of ether oxygens (including phenoxy) is 1. The van der Waals surface area contributed by atoms with Gasteiger partial charge in [0.25, 0.3) is 0 Å². The van der Waals surface area contributed by atoms with Gasteiger partial charge in [-0.05, 0) is 31.1 Å². The van der Waals surface area contributed by atoms with E-state index in [1.165, 1.54) is 0 Å². The number of hydrogen-bond donors (Lipinski definition) is 0. The third-order valence-electron chi connectivity index (χ3n) is 6.69. The Kier molecular flexibility index (Phi) is 2.40. The molecule has 2 saturated carbocycles. The molecular formula is C17H19N3O2. The van der Waals surface area contributed by atoms with Gasteiger partial charge >= 0.3 is 0 Å². The Balaban J connectivity index is 1.93. The van der Waals surface area contributed by atoms with Crippen LogP contribution in [0.25, 0.3) is 0 Å². The molecule has 1 heterocycles. The van der Waals surface area contributed by atoms with E-state index >= 15 is 0 Å². The fourth-order valence-corrected chi connectivity index (χ4v) is 5.45. The first-order valence-corrected chi connectivity index (χ1v) is 7.76. The molecule has 1 aromatic rings. The smallest absolute Gasteiger partial charge is 0.219 e. The highest BCUT2D eigenvalue weighted by atomic mass is 16.5. The lowest BCUT2D eigenvalue weighted by atomic mass is 9.53. The highest BCUT2D eigenvalue weighted by molar-refractivity contribution is 5.94. The van der Waals surface area contributed by atoms with Crippen LogP contribution in [0.2, 0.25) is 0 Å². The van der Waals surface area contributed by atoms with Gasteiger partial charge in [-0.15, -0.1) is 0 Å². The molecule has 4 rings (SSSR count). The molecule has 2 fully saturated rings. The molecule has 0 N–H and O–H groups in total. The number of aromatic nitrogens is 2. The SMILES string of the molecule is COc1ncnc2c1CC[C@@]13CC1(C)C(=O)C(C#N)C[C@]23C. The van der Waals surface area contributed by atoms with E-state index in [2.05, 4.69) is 23.0 Å². The number of ketones is 1. The van der Waals surface area contributed by atoms with E-state index < -0.39 is 5.92 Å². The lowest BCUT2D eigenvalue weighted by Gasteiger charge is -2.49. The minimum Gasteiger partial charge on any atom is -0.481 e. The van der Waals surface area contributed by atoms with Crippen molar-refractivity contribution in [2.45, 2.75) is 44.9 Å². The van der Waals surface area contributed by atoms with Crippen molar-refractivity contribution in [3.63, 3.8) is 0 Å². The molecule has 4 atom stereocenters. The summed E-state index contributed by atoms with van der Waals surface area (Å²) in [5.74, 6) is 0.239. The second-order valence-corrected chi connectivity index (χ2v) is 7.38.